The third kappa shape index (κ3) is 8.49. The van der Waals surface area contributed by atoms with E-state index in [1.54, 1.807) is 25.3 Å². The summed E-state index contributed by atoms with van der Waals surface area (Å²) in [5, 5.41) is 62.8. The van der Waals surface area contributed by atoms with Crippen LogP contribution in [0.3, 0.4) is 0 Å². The number of anilines is 1. The Hall–Kier alpha value is -4.12. The molecule has 5 N–H and O–H groups in total. The Morgan fingerprint density at radius 3 is 2.52 bits per heavy atom. The largest absolute Gasteiger partial charge is 0.390 e. The van der Waals surface area contributed by atoms with Gasteiger partial charge < -0.3 is 35.4 Å². The summed E-state index contributed by atoms with van der Waals surface area (Å²) in [7, 11) is 1.21. The molecule has 2 heterocycles. The minimum Gasteiger partial charge on any atom is -0.390 e. The van der Waals surface area contributed by atoms with Gasteiger partial charge in [0.15, 0.2) is 6.29 Å². The Balaban J connectivity index is 1.34. The number of amides is 1. The molecule has 1 aliphatic rings. The predicted molar refractivity (Wildman–Crippen MR) is 165 cm³/mol. The number of nitrogens with one attached hydrogen (secondary N) is 1. The lowest BCUT2D eigenvalue weighted by molar-refractivity contribution is -0.156. The lowest BCUT2D eigenvalue weighted by atomic mass is 9.99. The van der Waals surface area contributed by atoms with Crippen LogP contribution in [0.15, 0.2) is 59.8 Å². The van der Waals surface area contributed by atoms with Crippen molar-refractivity contribution < 1.29 is 30.0 Å². The van der Waals surface area contributed by atoms with Crippen LogP contribution in [-0.2, 0) is 22.6 Å². The summed E-state index contributed by atoms with van der Waals surface area (Å²) in [5.74, 6) is -0.549. The number of fused-ring (bicyclic) bond motifs is 1. The molecule has 0 spiro atoms. The number of rotatable bonds is 13. The van der Waals surface area contributed by atoms with Gasteiger partial charge in [-0.25, -0.2) is 4.68 Å². The molecule has 1 amide bonds. The Labute approximate surface area is 256 Å². The molecule has 1 saturated heterocycles. The van der Waals surface area contributed by atoms with Gasteiger partial charge in [0.2, 0.25) is 0 Å². The van der Waals surface area contributed by atoms with Crippen molar-refractivity contribution in [1.29, 1.82) is 5.26 Å². The number of methoxy groups -OCH3 is 1. The zero-order valence-electron chi connectivity index (χ0n) is 25.0. The summed E-state index contributed by atoms with van der Waals surface area (Å²) >= 11 is 0. The van der Waals surface area contributed by atoms with Gasteiger partial charge in [-0.05, 0) is 72.4 Å². The van der Waals surface area contributed by atoms with E-state index >= 15 is 0 Å². The molecule has 234 valence electrons. The number of allylic oxidation sites excluding steroid dienone is 1. The molecule has 2 aromatic carbocycles. The molecule has 12 heteroatoms. The fraction of sp³-hybridized carbons (Fsp3) is 0.438. The first-order valence-corrected chi connectivity index (χ1v) is 14.7. The number of ether oxygens (including phenoxy) is 1. The van der Waals surface area contributed by atoms with E-state index in [2.05, 4.69) is 43.5 Å². The quantitative estimate of drug-likeness (QED) is 0.0840. The highest BCUT2D eigenvalue weighted by Gasteiger charge is 2.27. The molecule has 0 radical (unpaired) electrons. The van der Waals surface area contributed by atoms with Crippen LogP contribution in [0.4, 0.5) is 5.69 Å². The lowest BCUT2D eigenvalue weighted by Crippen LogP contribution is -2.37. The van der Waals surface area contributed by atoms with E-state index in [0.29, 0.717) is 11.3 Å². The molecule has 0 saturated carbocycles. The van der Waals surface area contributed by atoms with Gasteiger partial charge in [0.1, 0.15) is 29.5 Å². The summed E-state index contributed by atoms with van der Waals surface area (Å²) in [6, 6.07) is 14.2. The number of aromatic nitrogens is 3. The Kier molecular flexibility index (Phi) is 11.6. The zero-order valence-corrected chi connectivity index (χ0v) is 25.0. The van der Waals surface area contributed by atoms with Crippen LogP contribution in [0, 0.1) is 11.3 Å². The molecule has 4 atom stereocenters. The van der Waals surface area contributed by atoms with E-state index in [-0.39, 0.29) is 25.1 Å². The van der Waals surface area contributed by atoms with E-state index in [1.807, 2.05) is 24.3 Å². The van der Waals surface area contributed by atoms with Crippen molar-refractivity contribution in [2.75, 3.05) is 25.1 Å². The zero-order chi connectivity index (χ0) is 31.6. The molecule has 1 aromatic heterocycles. The number of carbonyl (C=O) groups excluding carboxylic acids is 1. The Morgan fingerprint density at radius 1 is 1.09 bits per heavy atom. The number of hydrogen-bond acceptors (Lipinski definition) is 10. The molecule has 4 rings (SSSR count). The van der Waals surface area contributed by atoms with Gasteiger partial charge in [0.25, 0.3) is 5.91 Å². The number of hydrogen-bond donors (Lipinski definition) is 5. The molecular weight excluding hydrogens is 564 g/mol. The SMILES string of the molecule is C/C=C(/Cn1cc(CNC(=O)/C(C#N)=C/c2ccc3cc(N4CCCCC4)ccc3c2)nn1)[C@@H](O)[C@H](O)C[C@@H](O)[C@H](O)OC. The summed E-state index contributed by atoms with van der Waals surface area (Å²) < 4.78 is 6.06. The number of aliphatic hydroxyl groups is 4. The van der Waals surface area contributed by atoms with E-state index in [0.717, 1.165) is 29.4 Å². The maximum Gasteiger partial charge on any atom is 0.262 e. The molecular formula is C32H40N6O6. The maximum atomic E-state index is 12.8. The third-order valence-electron chi connectivity index (χ3n) is 7.77. The fourth-order valence-electron chi connectivity index (χ4n) is 5.21. The fourth-order valence-corrected chi connectivity index (χ4v) is 5.21. The van der Waals surface area contributed by atoms with Gasteiger partial charge in [0, 0.05) is 32.3 Å². The van der Waals surface area contributed by atoms with Crippen molar-refractivity contribution in [3.8, 4) is 6.07 Å². The number of carbonyl (C=O) groups is 1. The minimum atomic E-state index is -1.49. The van der Waals surface area contributed by atoms with Crippen LogP contribution in [0.2, 0.25) is 0 Å². The minimum absolute atomic E-state index is 0.0201. The van der Waals surface area contributed by atoms with Crippen LogP contribution >= 0.6 is 0 Å². The second-order valence-electron chi connectivity index (χ2n) is 10.9. The van der Waals surface area contributed by atoms with Crippen molar-refractivity contribution in [1.82, 2.24) is 20.3 Å². The lowest BCUT2D eigenvalue weighted by Gasteiger charge is -2.29. The first-order chi connectivity index (χ1) is 21.2. The predicted octanol–water partition coefficient (Wildman–Crippen LogP) is 2.03. The first kappa shape index (κ1) is 32.8. The second kappa shape index (κ2) is 15.6. The van der Waals surface area contributed by atoms with Crippen molar-refractivity contribution in [3.63, 3.8) is 0 Å². The van der Waals surface area contributed by atoms with E-state index in [1.165, 1.54) is 36.7 Å². The standard InChI is InChI=1S/C32H40N6O6/c1-3-22(30(41)28(39)16-29(40)32(43)44-2)19-38-20-26(35-36-38)18-34-31(42)25(17-33)14-21-7-8-24-15-27(10-9-23(24)13-21)37-11-5-4-6-12-37/h3,7-10,13-15,20,28-30,32,39-41,43H,4-6,11-12,16,18-19H2,1-2H3,(H,34,42)/b22-3-,25-14+/t28-,29-,30-,32-/m1/s1. The van der Waals surface area contributed by atoms with Gasteiger partial charge in [-0.15, -0.1) is 5.10 Å². The smallest absolute Gasteiger partial charge is 0.262 e. The average Bonchev–Trinajstić information content (AvgIpc) is 3.51. The molecule has 0 bridgehead atoms. The van der Waals surface area contributed by atoms with Gasteiger partial charge in [0.05, 0.1) is 25.4 Å². The van der Waals surface area contributed by atoms with Gasteiger partial charge >= 0.3 is 0 Å². The van der Waals surface area contributed by atoms with Crippen molar-refractivity contribution >= 4 is 28.4 Å². The molecule has 1 fully saturated rings. The van der Waals surface area contributed by atoms with Gasteiger partial charge in [-0.3, -0.25) is 4.79 Å². The van der Waals surface area contributed by atoms with Crippen LogP contribution in [0.25, 0.3) is 16.8 Å². The summed E-state index contributed by atoms with van der Waals surface area (Å²) in [5.41, 5.74) is 2.74. The molecule has 1 aliphatic heterocycles. The first-order valence-electron chi connectivity index (χ1n) is 14.7. The molecule has 44 heavy (non-hydrogen) atoms. The summed E-state index contributed by atoms with van der Waals surface area (Å²) in [6.07, 6.45) is 2.57. The Morgan fingerprint density at radius 2 is 1.82 bits per heavy atom. The third-order valence-corrected chi connectivity index (χ3v) is 7.77. The molecule has 0 aliphatic carbocycles. The summed E-state index contributed by atoms with van der Waals surface area (Å²) in [4.78, 5) is 15.2. The molecule has 3 aromatic rings. The topological polar surface area (TPSA) is 177 Å². The van der Waals surface area contributed by atoms with Crippen LogP contribution < -0.4 is 10.2 Å². The number of aliphatic hydroxyl groups excluding tert-OH is 4. The van der Waals surface area contributed by atoms with Gasteiger partial charge in [-0.2, -0.15) is 5.26 Å². The second-order valence-corrected chi connectivity index (χ2v) is 10.9. The highest BCUT2D eigenvalue weighted by Crippen LogP contribution is 2.26. The number of piperidine rings is 1. The molecule has 0 unspecified atom stereocenters. The van der Waals surface area contributed by atoms with Crippen LogP contribution in [-0.4, -0.2) is 86.1 Å². The van der Waals surface area contributed by atoms with Crippen LogP contribution in [0.5, 0.6) is 0 Å². The molecule has 12 nitrogen and oxygen atoms in total. The van der Waals surface area contributed by atoms with Crippen molar-refractivity contribution in [3.05, 3.63) is 71.1 Å². The van der Waals surface area contributed by atoms with Crippen molar-refractivity contribution in [2.24, 2.45) is 0 Å². The van der Waals surface area contributed by atoms with Crippen molar-refractivity contribution in [2.45, 2.75) is 70.3 Å². The summed E-state index contributed by atoms with van der Waals surface area (Å²) in [6.45, 7) is 3.93. The highest BCUT2D eigenvalue weighted by atomic mass is 16.6. The maximum absolute atomic E-state index is 12.8. The number of nitrogens with zero attached hydrogens (tertiary/aromatic N) is 5. The monoisotopic (exact) mass is 604 g/mol. The van der Waals surface area contributed by atoms with E-state index in [4.69, 9.17) is 0 Å². The van der Waals surface area contributed by atoms with Gasteiger partial charge in [-0.1, -0.05) is 29.5 Å². The highest BCUT2D eigenvalue weighted by molar-refractivity contribution is 6.02. The van der Waals surface area contributed by atoms with Crippen LogP contribution in [0.1, 0.15) is 43.9 Å². The van der Waals surface area contributed by atoms with E-state index < -0.39 is 30.5 Å². The number of benzene rings is 2. The average molecular weight is 605 g/mol. The van der Waals surface area contributed by atoms with E-state index in [9.17, 15) is 30.5 Å². The normalized spacial score (nSPS) is 17.2. The Bertz CT molecular complexity index is 1520. The number of nitriles is 1.